The molecule has 0 aliphatic heterocycles. The minimum atomic E-state index is -0.972. The third-order valence-corrected chi connectivity index (χ3v) is 18.6. The number of hydrogen-bond acceptors (Lipinski definition) is 25. The number of ketones is 2. The number of benzene rings is 7. The minimum Gasteiger partial charge on any atom is -0.497 e. The highest BCUT2D eigenvalue weighted by Gasteiger charge is 2.23. The van der Waals surface area contributed by atoms with Crippen LogP contribution in [0.1, 0.15) is 260 Å². The van der Waals surface area contributed by atoms with Crippen LogP contribution in [0.2, 0.25) is 0 Å². The monoisotopic (exact) mass is 1870 g/mol. The van der Waals surface area contributed by atoms with Gasteiger partial charge >= 0.3 is 18.3 Å². The fourth-order valence-corrected chi connectivity index (χ4v) is 12.1. The maximum Gasteiger partial charge on any atom is 0.373 e. The molecule has 0 radical (unpaired) electrons. The van der Waals surface area contributed by atoms with Crippen LogP contribution in [0.3, 0.4) is 0 Å². The fraction of sp³-hybridized carbons (Fsp3) is 0.416. The van der Waals surface area contributed by atoms with Crippen LogP contribution in [-0.4, -0.2) is 128 Å². The number of nitrogen functional groups attached to an aromatic ring is 3. The number of amides is 4. The SMILES string of the molecule is C.C.C.C.C.CCOC(=O)C(C)C(C)=O.CCc1[nH]c2cc(OC)c(C(C)C)cc2c1C.CCc1[nH]c2cc(Oc3cnc(N)nc3N)c(C(C)C)cc2c1C.COc1cc(N)ccc1C(C)C.COc1cc(NC(C)=O)ccc1C(C)(C)O.COc1cc(NC(C)=O)ccc1C(C)=O.COc1cc(NC(C)=O)ccc1C(C)C.COc1cccc(NC(C)=O)c1.Cl.O=C=O.O=C=O. The van der Waals surface area contributed by atoms with Gasteiger partial charge in [-0.05, 0) is 180 Å². The van der Waals surface area contributed by atoms with Crippen molar-refractivity contribution in [3.05, 3.63) is 183 Å². The molecule has 31 nitrogen and oxygen atoms in total. The van der Waals surface area contributed by atoms with E-state index in [9.17, 15) is 38.7 Å². The number of hydrogen-bond donors (Lipinski definition) is 10. The third-order valence-electron chi connectivity index (χ3n) is 18.6. The van der Waals surface area contributed by atoms with Crippen molar-refractivity contribution in [2.75, 3.05) is 87.7 Å². The van der Waals surface area contributed by atoms with Gasteiger partial charge in [0.15, 0.2) is 17.4 Å². The van der Waals surface area contributed by atoms with Gasteiger partial charge in [0.2, 0.25) is 29.6 Å². The first kappa shape index (κ1) is 130. The molecule has 13 N–H and O–H groups in total. The Kier molecular flexibility index (Phi) is 64.5. The number of nitrogens with zero attached hydrogens (tertiary/aromatic N) is 2. The van der Waals surface area contributed by atoms with Gasteiger partial charge in [0.25, 0.3) is 0 Å². The second-order valence-electron chi connectivity index (χ2n) is 30.0. The summed E-state index contributed by atoms with van der Waals surface area (Å²) in [4.78, 5) is 123. The molecule has 1 atom stereocenters. The normalized spacial score (nSPS) is 9.87. The maximum absolute atomic E-state index is 11.2. The van der Waals surface area contributed by atoms with Gasteiger partial charge in [-0.1, -0.05) is 131 Å². The number of rotatable bonds is 23. The minimum absolute atomic E-state index is 0. The van der Waals surface area contributed by atoms with Gasteiger partial charge in [-0.15, -0.1) is 12.4 Å². The Bertz CT molecular complexity index is 5320. The lowest BCUT2D eigenvalue weighted by Crippen LogP contribution is -2.20. The highest BCUT2D eigenvalue weighted by atomic mass is 35.5. The van der Waals surface area contributed by atoms with Gasteiger partial charge in [-0.25, -0.2) is 4.98 Å². The number of fused-ring (bicyclic) bond motifs is 2. The number of carbonyl (C=O) groups excluding carboxylic acids is 11. The second-order valence-corrected chi connectivity index (χ2v) is 30.0. The summed E-state index contributed by atoms with van der Waals surface area (Å²) in [5.74, 6) is 5.90. The van der Waals surface area contributed by atoms with Crippen molar-refractivity contribution >= 4 is 128 Å². The predicted molar refractivity (Wildman–Crippen MR) is 538 cm³/mol. The van der Waals surface area contributed by atoms with Gasteiger partial charge in [-0.3, -0.25) is 33.6 Å². The van der Waals surface area contributed by atoms with Crippen LogP contribution >= 0.6 is 12.4 Å². The molecule has 0 spiro atoms. The van der Waals surface area contributed by atoms with Crippen LogP contribution < -0.4 is 71.6 Å². The van der Waals surface area contributed by atoms with Crippen LogP contribution in [0.15, 0.2) is 128 Å². The molecular weight excluding hydrogens is 1720 g/mol. The van der Waals surface area contributed by atoms with Gasteiger partial charge in [0.05, 0.1) is 66.6 Å². The number of carbonyl (C=O) groups is 7. The Morgan fingerprint density at radius 2 is 0.827 bits per heavy atom. The number of nitrogens with two attached hydrogens (primary N) is 3. The number of Topliss-reactive ketones (excluding diaryl/α,β-unsaturated/α-hetero) is 2. The molecule has 0 aliphatic rings. The van der Waals surface area contributed by atoms with Crippen LogP contribution in [0, 0.1) is 19.8 Å². The third kappa shape index (κ3) is 44.3. The number of esters is 1. The topological polar surface area (TPSA) is 465 Å². The van der Waals surface area contributed by atoms with E-state index in [1.165, 1.54) is 112 Å². The smallest absolute Gasteiger partial charge is 0.373 e. The summed E-state index contributed by atoms with van der Waals surface area (Å²) in [5.41, 5.74) is 33.0. The van der Waals surface area contributed by atoms with Crippen molar-refractivity contribution in [2.24, 2.45) is 5.92 Å². The number of nitrogens with one attached hydrogen (secondary N) is 6. The average molecular weight is 1870 g/mol. The highest BCUT2D eigenvalue weighted by molar-refractivity contribution is 5.99. The van der Waals surface area contributed by atoms with E-state index >= 15 is 0 Å². The summed E-state index contributed by atoms with van der Waals surface area (Å²) in [6, 6.07) is 37.4. The fourth-order valence-electron chi connectivity index (χ4n) is 12.1. The molecule has 10 rings (SSSR count). The lowest BCUT2D eigenvalue weighted by molar-refractivity contribution is -0.193. The van der Waals surface area contributed by atoms with Crippen molar-refractivity contribution in [3.63, 3.8) is 0 Å². The summed E-state index contributed by atoms with van der Waals surface area (Å²) >= 11 is 0. The number of halogens is 1. The Morgan fingerprint density at radius 1 is 0.459 bits per heavy atom. The predicted octanol–water partition coefficient (Wildman–Crippen LogP) is 21.9. The second kappa shape index (κ2) is 65.9. The Labute approximate surface area is 794 Å². The Morgan fingerprint density at radius 3 is 1.20 bits per heavy atom. The summed E-state index contributed by atoms with van der Waals surface area (Å²) in [6.07, 6.45) is 4.01. The number of anilines is 7. The summed E-state index contributed by atoms with van der Waals surface area (Å²) in [7, 11) is 9.65. The maximum atomic E-state index is 11.2. The lowest BCUT2D eigenvalue weighted by Gasteiger charge is -2.21. The summed E-state index contributed by atoms with van der Waals surface area (Å²) in [6.45, 7) is 41.4. The molecule has 3 heterocycles. The number of aryl methyl sites for hydroxylation is 4. The largest absolute Gasteiger partial charge is 0.497 e. The van der Waals surface area contributed by atoms with E-state index in [1.54, 1.807) is 98.6 Å². The molecule has 3 aromatic heterocycles. The van der Waals surface area contributed by atoms with E-state index in [4.69, 9.17) is 69.5 Å². The van der Waals surface area contributed by atoms with Crippen molar-refractivity contribution in [2.45, 2.75) is 232 Å². The zero-order valence-corrected chi connectivity index (χ0v) is 79.7. The number of methoxy groups -OCH3 is 6. The van der Waals surface area contributed by atoms with Gasteiger partial charge in [0.1, 0.15) is 51.9 Å². The molecule has 32 heteroatoms. The van der Waals surface area contributed by atoms with Crippen LogP contribution in [0.5, 0.6) is 46.0 Å². The van der Waals surface area contributed by atoms with E-state index < -0.39 is 17.5 Å². The molecule has 4 amide bonds. The molecular formula is C101H150ClN11O20. The lowest BCUT2D eigenvalue weighted by atomic mass is 9.97. The first-order valence-electron chi connectivity index (χ1n) is 40.7. The van der Waals surface area contributed by atoms with E-state index in [2.05, 4.69) is 147 Å². The Hall–Kier alpha value is -13.6. The van der Waals surface area contributed by atoms with Gasteiger partial charge < -0.3 is 91.4 Å². The molecule has 10 aromatic rings. The molecule has 133 heavy (non-hydrogen) atoms. The van der Waals surface area contributed by atoms with Crippen molar-refractivity contribution in [1.82, 2.24) is 19.9 Å². The van der Waals surface area contributed by atoms with Crippen LogP contribution in [0.4, 0.5) is 40.2 Å². The quantitative estimate of drug-likeness (QED) is 0.0123. The summed E-state index contributed by atoms with van der Waals surface area (Å²) < 4.78 is 41.8. The number of ether oxygens (including phenoxy) is 8. The first-order valence-corrected chi connectivity index (χ1v) is 40.7. The molecule has 1 unspecified atom stereocenters. The highest BCUT2D eigenvalue weighted by Crippen LogP contribution is 2.39. The van der Waals surface area contributed by atoms with Crippen LogP contribution in [0.25, 0.3) is 21.8 Å². The molecule has 7 aromatic carbocycles. The van der Waals surface area contributed by atoms with E-state index in [1.807, 2.05) is 60.7 Å². The number of aromatic amines is 2. The molecule has 736 valence electrons. The average Bonchev–Trinajstić information content (AvgIpc) is 1.64. The van der Waals surface area contributed by atoms with Gasteiger partial charge in [-0.2, -0.15) is 24.2 Å². The standard InChI is InChI=1S/C18H23N5O.C15H21NO.C12H17NO3.C12H17NO2.C11H13NO3.C10H15NO.C9H11NO2.C7H12O3.2CO2.5CH4.ClH/c1-5-13-10(4)12-6-11(9(2)3)15(7-14(12)22-13)24-16-8-21-18(20)23-17(16)19;1-6-13-10(4)12-7-11(9(2)3)15(17-5)8-14(12)16-13;1-8(14)13-9-5-6-10(12(2,3)15)11(7-9)16-4;1-8(2)11-6-5-10(13-9(3)14)7-12(11)15-4;1-7(13)10-5-4-9(12-8(2)14)6-11(10)15-3;1-7(2)9-5-4-8(11)6-10(9)12-3;1-7(11)10-8-4-3-5-9(6-8)12-2;1-4-10-7(9)5(2)6(3)8;2*2-1-3;;;;;;/h6-9,22H,5H2,1-4H3,(H4,19,20,21,23);7-9,16H,6H2,1-5H3;5-7,15H,1-4H3,(H,13,14);5-8H,1-4H3,(H,13,14);4-6H,1-3H3,(H,12,14);4-7H,11H2,1-3H3;3-6H,1-2H3,(H,10,11);5H,4H2,1-3H3;;;5*1H4;1H. The number of aromatic nitrogens is 4. The number of aliphatic hydroxyl groups is 1. The first-order chi connectivity index (χ1) is 59.7. The summed E-state index contributed by atoms with van der Waals surface area (Å²) in [5, 5.41) is 23.1. The molecule has 0 bridgehead atoms. The number of H-pyrrole nitrogens is 2. The Balaban J connectivity index is -0.000000345. The van der Waals surface area contributed by atoms with E-state index in [-0.39, 0.29) is 109 Å². The van der Waals surface area contributed by atoms with E-state index in [0.717, 1.165) is 75.3 Å². The van der Waals surface area contributed by atoms with Gasteiger partial charge in [0, 0.05) is 137 Å². The zero-order chi connectivity index (χ0) is 96.9. The van der Waals surface area contributed by atoms with Crippen molar-refractivity contribution in [3.8, 4) is 46.0 Å². The molecule has 0 fully saturated rings. The molecule has 0 saturated heterocycles. The molecule has 0 saturated carbocycles. The van der Waals surface area contributed by atoms with Crippen molar-refractivity contribution < 1.29 is 95.7 Å². The zero-order valence-electron chi connectivity index (χ0n) is 78.9. The van der Waals surface area contributed by atoms with E-state index in [0.29, 0.717) is 70.0 Å². The van der Waals surface area contributed by atoms with Crippen LogP contribution in [-0.2, 0) is 71.1 Å². The molecule has 0 aliphatic carbocycles. The van der Waals surface area contributed by atoms with Crippen molar-refractivity contribution in [1.29, 1.82) is 0 Å².